The Morgan fingerprint density at radius 1 is 1.56 bits per heavy atom. The Morgan fingerprint density at radius 3 is 2.94 bits per heavy atom. The minimum atomic E-state index is -0.119. The highest BCUT2D eigenvalue weighted by Crippen LogP contribution is 2.25. The van der Waals surface area contributed by atoms with Crippen molar-refractivity contribution in [3.63, 3.8) is 0 Å². The van der Waals surface area contributed by atoms with E-state index < -0.39 is 0 Å². The lowest BCUT2D eigenvalue weighted by molar-refractivity contribution is 0.0960. The van der Waals surface area contributed by atoms with E-state index in [1.54, 1.807) is 25.2 Å². The molecule has 0 radical (unpaired) electrons. The van der Waals surface area contributed by atoms with E-state index in [2.05, 4.69) is 5.32 Å². The maximum Gasteiger partial charge on any atom is 0.252 e. The first-order valence-electron chi connectivity index (χ1n) is 5.04. The van der Waals surface area contributed by atoms with Gasteiger partial charge in [-0.1, -0.05) is 0 Å². The zero-order chi connectivity index (χ0) is 12.0. The van der Waals surface area contributed by atoms with Gasteiger partial charge < -0.3 is 16.2 Å². The van der Waals surface area contributed by atoms with Crippen LogP contribution in [0.25, 0.3) is 0 Å². The van der Waals surface area contributed by atoms with Gasteiger partial charge in [-0.05, 0) is 24.6 Å². The summed E-state index contributed by atoms with van der Waals surface area (Å²) in [6, 6.07) is 5.21. The molecule has 1 amide bonds. The van der Waals surface area contributed by atoms with Crippen LogP contribution in [0.4, 0.5) is 5.69 Å². The van der Waals surface area contributed by atoms with Crippen LogP contribution in [0.15, 0.2) is 23.1 Å². The van der Waals surface area contributed by atoms with Crippen molar-refractivity contribution in [3.8, 4) is 0 Å². The van der Waals surface area contributed by atoms with E-state index in [4.69, 9.17) is 10.8 Å². The van der Waals surface area contributed by atoms with Crippen molar-refractivity contribution in [1.82, 2.24) is 5.32 Å². The van der Waals surface area contributed by atoms with Gasteiger partial charge >= 0.3 is 0 Å². The molecule has 0 atom stereocenters. The number of nitrogens with one attached hydrogen (secondary N) is 1. The van der Waals surface area contributed by atoms with Crippen LogP contribution in [0.2, 0.25) is 0 Å². The second kappa shape index (κ2) is 6.40. The first-order valence-corrected chi connectivity index (χ1v) is 6.03. The van der Waals surface area contributed by atoms with E-state index in [1.165, 1.54) is 11.8 Å². The molecule has 88 valence electrons. The van der Waals surface area contributed by atoms with Crippen molar-refractivity contribution < 1.29 is 9.90 Å². The number of amides is 1. The highest BCUT2D eigenvalue weighted by Gasteiger charge is 2.10. The number of hydrogen-bond donors (Lipinski definition) is 3. The summed E-state index contributed by atoms with van der Waals surface area (Å²) in [7, 11) is 1.60. The lowest BCUT2D eigenvalue weighted by Crippen LogP contribution is -2.18. The Morgan fingerprint density at radius 2 is 2.31 bits per heavy atom. The molecule has 1 aromatic rings. The van der Waals surface area contributed by atoms with Gasteiger partial charge in [-0.2, -0.15) is 0 Å². The third-order valence-corrected chi connectivity index (χ3v) is 3.18. The molecule has 0 fully saturated rings. The van der Waals surface area contributed by atoms with Crippen LogP contribution in [-0.4, -0.2) is 30.4 Å². The van der Waals surface area contributed by atoms with E-state index in [0.717, 1.165) is 10.6 Å². The number of aliphatic hydroxyl groups is 1. The molecular weight excluding hydrogens is 224 g/mol. The predicted octanol–water partition coefficient (Wildman–Crippen LogP) is 1.10. The second-order valence-corrected chi connectivity index (χ2v) is 4.40. The molecule has 0 aliphatic rings. The molecule has 0 aliphatic carbocycles. The number of carbonyl (C=O) groups excluding carboxylic acids is 1. The van der Waals surface area contributed by atoms with Crippen LogP contribution in [-0.2, 0) is 0 Å². The molecule has 0 saturated heterocycles. The second-order valence-electron chi connectivity index (χ2n) is 3.26. The molecule has 4 N–H and O–H groups in total. The zero-order valence-electron chi connectivity index (χ0n) is 9.19. The van der Waals surface area contributed by atoms with Crippen LogP contribution in [0, 0.1) is 0 Å². The van der Waals surface area contributed by atoms with Crippen molar-refractivity contribution in [3.05, 3.63) is 23.8 Å². The smallest absolute Gasteiger partial charge is 0.252 e. The molecule has 0 bridgehead atoms. The molecule has 4 nitrogen and oxygen atoms in total. The number of nitrogens with two attached hydrogens (primary N) is 1. The summed E-state index contributed by atoms with van der Waals surface area (Å²) in [5.41, 5.74) is 6.94. The number of aliphatic hydroxyl groups excluding tert-OH is 1. The molecule has 16 heavy (non-hydrogen) atoms. The van der Waals surface area contributed by atoms with E-state index in [1.807, 2.05) is 0 Å². The molecule has 0 spiro atoms. The van der Waals surface area contributed by atoms with Crippen LogP contribution < -0.4 is 11.1 Å². The molecule has 0 heterocycles. The number of anilines is 1. The summed E-state index contributed by atoms with van der Waals surface area (Å²) < 4.78 is 0. The van der Waals surface area contributed by atoms with E-state index in [0.29, 0.717) is 17.7 Å². The van der Waals surface area contributed by atoms with Gasteiger partial charge in [0.25, 0.3) is 5.91 Å². The van der Waals surface area contributed by atoms with Gasteiger partial charge in [0.1, 0.15) is 0 Å². The molecule has 5 heteroatoms. The Hall–Kier alpha value is -1.20. The van der Waals surface area contributed by atoms with E-state index in [-0.39, 0.29) is 12.5 Å². The highest BCUT2D eigenvalue weighted by molar-refractivity contribution is 7.99. The number of carbonyl (C=O) groups is 1. The monoisotopic (exact) mass is 240 g/mol. The lowest BCUT2D eigenvalue weighted by Gasteiger charge is -2.08. The summed E-state index contributed by atoms with van der Waals surface area (Å²) in [4.78, 5) is 12.4. The molecular formula is C11H16N2O2S. The molecule has 0 aliphatic heterocycles. The summed E-state index contributed by atoms with van der Waals surface area (Å²) in [5.74, 6) is 0.649. The molecule has 1 rings (SSSR count). The number of benzene rings is 1. The summed E-state index contributed by atoms with van der Waals surface area (Å²) in [5, 5.41) is 11.3. The van der Waals surface area contributed by atoms with Gasteiger partial charge in [0.2, 0.25) is 0 Å². The van der Waals surface area contributed by atoms with Crippen molar-refractivity contribution in [2.24, 2.45) is 0 Å². The van der Waals surface area contributed by atoms with Crippen LogP contribution >= 0.6 is 11.8 Å². The van der Waals surface area contributed by atoms with Crippen LogP contribution in [0.5, 0.6) is 0 Å². The lowest BCUT2D eigenvalue weighted by atomic mass is 10.2. The quantitative estimate of drug-likeness (QED) is 0.409. The fourth-order valence-electron chi connectivity index (χ4n) is 1.23. The predicted molar refractivity (Wildman–Crippen MR) is 66.7 cm³/mol. The number of rotatable bonds is 5. The minimum Gasteiger partial charge on any atom is -0.399 e. The Labute approximate surface area is 99.2 Å². The van der Waals surface area contributed by atoms with Crippen LogP contribution in [0.3, 0.4) is 0 Å². The molecule has 0 aromatic heterocycles. The van der Waals surface area contributed by atoms with Gasteiger partial charge in [-0.3, -0.25) is 4.79 Å². The fourth-order valence-corrected chi connectivity index (χ4v) is 2.26. The minimum absolute atomic E-state index is 0.119. The largest absolute Gasteiger partial charge is 0.399 e. The normalized spacial score (nSPS) is 10.1. The standard InChI is InChI=1S/C11H16N2O2S/c1-13-11(15)9-4-3-8(12)7-10(9)16-6-2-5-14/h3-4,7,14H,2,5-6,12H2,1H3,(H,13,15). The average molecular weight is 240 g/mol. The number of nitrogen functional groups attached to an aromatic ring is 1. The van der Waals surface area contributed by atoms with E-state index >= 15 is 0 Å². The van der Waals surface area contributed by atoms with Gasteiger partial charge in [-0.25, -0.2) is 0 Å². The van der Waals surface area contributed by atoms with E-state index in [9.17, 15) is 4.79 Å². The Kier molecular flexibility index (Phi) is 5.14. The average Bonchev–Trinajstić information content (AvgIpc) is 2.29. The summed E-state index contributed by atoms with van der Waals surface area (Å²) >= 11 is 1.53. The first kappa shape index (κ1) is 12.9. The van der Waals surface area contributed by atoms with Crippen molar-refractivity contribution in [1.29, 1.82) is 0 Å². The molecule has 0 saturated carbocycles. The fraction of sp³-hybridized carbons (Fsp3) is 0.364. The zero-order valence-corrected chi connectivity index (χ0v) is 10.0. The van der Waals surface area contributed by atoms with Gasteiger partial charge in [0, 0.05) is 30.0 Å². The SMILES string of the molecule is CNC(=O)c1ccc(N)cc1SCCCO. The van der Waals surface area contributed by atoms with Crippen LogP contribution in [0.1, 0.15) is 16.8 Å². The van der Waals surface area contributed by atoms with Gasteiger partial charge in [-0.15, -0.1) is 11.8 Å². The van der Waals surface area contributed by atoms with Crippen molar-refractivity contribution in [2.45, 2.75) is 11.3 Å². The third-order valence-electron chi connectivity index (χ3n) is 2.04. The maximum absolute atomic E-state index is 11.6. The topological polar surface area (TPSA) is 75.4 Å². The Bertz CT molecular complexity index is 369. The maximum atomic E-state index is 11.6. The number of thioether (sulfide) groups is 1. The van der Waals surface area contributed by atoms with Gasteiger partial charge in [0.05, 0.1) is 5.56 Å². The van der Waals surface area contributed by atoms with Crippen molar-refractivity contribution in [2.75, 3.05) is 25.1 Å². The Balaban J connectivity index is 2.85. The molecule has 0 unspecified atom stereocenters. The summed E-state index contributed by atoms with van der Waals surface area (Å²) in [6.45, 7) is 0.157. The van der Waals surface area contributed by atoms with Gasteiger partial charge in [0.15, 0.2) is 0 Å². The highest BCUT2D eigenvalue weighted by atomic mass is 32.2. The molecule has 1 aromatic carbocycles. The van der Waals surface area contributed by atoms with Crippen molar-refractivity contribution >= 4 is 23.4 Å². The number of hydrogen-bond acceptors (Lipinski definition) is 4. The first-order chi connectivity index (χ1) is 7.69. The summed E-state index contributed by atoms with van der Waals surface area (Å²) in [6.07, 6.45) is 0.701. The third kappa shape index (κ3) is 3.43.